The average molecular weight is 550 g/mol. The number of nitrogens with zero attached hydrogens (tertiary/aromatic N) is 1. The second-order valence-electron chi connectivity index (χ2n) is 7.92. The summed E-state index contributed by atoms with van der Waals surface area (Å²) >= 11 is 9.32. The van der Waals surface area contributed by atoms with E-state index in [0.717, 1.165) is 22.1 Å². The van der Waals surface area contributed by atoms with E-state index in [1.54, 1.807) is 42.2 Å². The topological polar surface area (TPSA) is 75.7 Å². The first-order chi connectivity index (χ1) is 15.6. The van der Waals surface area contributed by atoms with Crippen LogP contribution in [0.2, 0.25) is 5.02 Å². The van der Waals surface area contributed by atoms with Crippen LogP contribution in [0.4, 0.5) is 11.4 Å². The monoisotopic (exact) mass is 548 g/mol. The number of anilines is 2. The van der Waals surface area contributed by atoms with E-state index in [-0.39, 0.29) is 23.5 Å². The highest BCUT2D eigenvalue weighted by molar-refractivity contribution is 9.10. The van der Waals surface area contributed by atoms with Crippen LogP contribution in [0.15, 0.2) is 70.0 Å². The number of ether oxygens (including phenoxy) is 1. The van der Waals surface area contributed by atoms with Gasteiger partial charge in [-0.3, -0.25) is 9.52 Å². The molecule has 1 aliphatic heterocycles. The Bertz CT molecular complexity index is 1310. The SMILES string of the molecule is Cc1cc(S(=O)(=O)Nc2ccc(Cl)cc2)ccc1OCC(=O)N1c2ccc(Br)cc2CC1C. The van der Waals surface area contributed by atoms with Crippen LogP contribution in [0.3, 0.4) is 0 Å². The molecule has 0 saturated carbocycles. The first-order valence-corrected chi connectivity index (χ1v) is 12.9. The van der Waals surface area contributed by atoms with Gasteiger partial charge in [0.15, 0.2) is 6.61 Å². The van der Waals surface area contributed by atoms with Crippen molar-refractivity contribution in [2.75, 3.05) is 16.2 Å². The highest BCUT2D eigenvalue weighted by Crippen LogP contribution is 2.34. The van der Waals surface area contributed by atoms with Crippen LogP contribution >= 0.6 is 27.5 Å². The summed E-state index contributed by atoms with van der Waals surface area (Å²) in [6, 6.07) is 16.8. The quantitative estimate of drug-likeness (QED) is 0.436. The van der Waals surface area contributed by atoms with Gasteiger partial charge in [-0.1, -0.05) is 27.5 Å². The van der Waals surface area contributed by atoms with Gasteiger partial charge in [0.2, 0.25) is 0 Å². The minimum Gasteiger partial charge on any atom is -0.483 e. The molecule has 1 unspecified atom stereocenters. The third-order valence-corrected chi connectivity index (χ3v) is 7.55. The number of aryl methyl sites for hydroxylation is 1. The fourth-order valence-electron chi connectivity index (χ4n) is 3.87. The number of fused-ring (bicyclic) bond motifs is 1. The molecule has 4 rings (SSSR count). The molecule has 0 spiro atoms. The molecule has 0 aromatic heterocycles. The maximum atomic E-state index is 12.9. The van der Waals surface area contributed by atoms with Crippen LogP contribution in [0, 0.1) is 6.92 Å². The molecule has 0 aliphatic carbocycles. The van der Waals surface area contributed by atoms with Crippen molar-refractivity contribution in [1.82, 2.24) is 0 Å². The van der Waals surface area contributed by atoms with Crippen LogP contribution < -0.4 is 14.4 Å². The molecule has 1 aliphatic rings. The molecule has 0 bridgehead atoms. The lowest BCUT2D eigenvalue weighted by Crippen LogP contribution is -2.39. The van der Waals surface area contributed by atoms with Crippen molar-refractivity contribution in [3.63, 3.8) is 0 Å². The van der Waals surface area contributed by atoms with Gasteiger partial charge in [0, 0.05) is 26.9 Å². The van der Waals surface area contributed by atoms with Crippen molar-refractivity contribution >= 4 is 54.8 Å². The van der Waals surface area contributed by atoms with Crippen LogP contribution in [-0.4, -0.2) is 27.0 Å². The number of nitrogens with one attached hydrogen (secondary N) is 1. The predicted molar refractivity (Wildman–Crippen MR) is 134 cm³/mol. The Morgan fingerprint density at radius 3 is 2.58 bits per heavy atom. The Labute approximate surface area is 206 Å². The van der Waals surface area contributed by atoms with Crippen molar-refractivity contribution in [2.24, 2.45) is 0 Å². The second-order valence-corrected chi connectivity index (χ2v) is 11.0. The lowest BCUT2D eigenvalue weighted by Gasteiger charge is -2.23. The van der Waals surface area contributed by atoms with Crippen LogP contribution in [0.1, 0.15) is 18.1 Å². The molecule has 0 fully saturated rings. The Morgan fingerprint density at radius 1 is 1.15 bits per heavy atom. The summed E-state index contributed by atoms with van der Waals surface area (Å²) in [5.74, 6) is 0.306. The summed E-state index contributed by atoms with van der Waals surface area (Å²) in [6.07, 6.45) is 0.784. The Morgan fingerprint density at radius 2 is 1.88 bits per heavy atom. The largest absolute Gasteiger partial charge is 0.483 e. The van der Waals surface area contributed by atoms with Gasteiger partial charge in [0.1, 0.15) is 5.75 Å². The Balaban J connectivity index is 1.45. The van der Waals surface area contributed by atoms with Gasteiger partial charge in [0.25, 0.3) is 15.9 Å². The van der Waals surface area contributed by atoms with Crippen molar-refractivity contribution in [1.29, 1.82) is 0 Å². The summed E-state index contributed by atoms with van der Waals surface area (Å²) < 4.78 is 34.7. The number of halogens is 2. The number of carbonyl (C=O) groups is 1. The predicted octanol–water partition coefficient (Wildman–Crippen LogP) is 5.57. The van der Waals surface area contributed by atoms with Crippen molar-refractivity contribution in [2.45, 2.75) is 31.2 Å². The Kier molecular flexibility index (Phi) is 6.70. The van der Waals surface area contributed by atoms with Crippen LogP contribution in [0.5, 0.6) is 5.75 Å². The molecule has 3 aromatic rings. The zero-order valence-corrected chi connectivity index (χ0v) is 21.2. The third-order valence-electron chi connectivity index (χ3n) is 5.43. The summed E-state index contributed by atoms with van der Waals surface area (Å²) in [5, 5.41) is 0.518. The molecule has 0 radical (unpaired) electrons. The fraction of sp³-hybridized carbons (Fsp3) is 0.208. The standard InChI is InChI=1S/C24H22BrClN2O4S/c1-15-11-21(33(30,31)27-20-6-4-19(26)5-7-20)8-10-23(15)32-14-24(29)28-16(2)12-17-13-18(25)3-9-22(17)28/h3-11,13,16,27H,12,14H2,1-2H3. The molecule has 1 N–H and O–H groups in total. The van der Waals surface area contributed by atoms with Gasteiger partial charge < -0.3 is 9.64 Å². The van der Waals surface area contributed by atoms with Crippen LogP contribution in [0.25, 0.3) is 0 Å². The molecular formula is C24H22BrClN2O4S. The van der Waals surface area contributed by atoms with Crippen LogP contribution in [-0.2, 0) is 21.2 Å². The van der Waals surface area contributed by atoms with Gasteiger partial charge in [-0.25, -0.2) is 8.42 Å². The van der Waals surface area contributed by atoms with Gasteiger partial charge in [0.05, 0.1) is 4.90 Å². The number of amides is 1. The number of carbonyl (C=O) groups excluding carboxylic acids is 1. The molecule has 3 aromatic carbocycles. The molecule has 1 heterocycles. The lowest BCUT2D eigenvalue weighted by atomic mass is 10.1. The van der Waals surface area contributed by atoms with Gasteiger partial charge in [-0.05, 0) is 92.1 Å². The lowest BCUT2D eigenvalue weighted by molar-refractivity contribution is -0.120. The van der Waals surface area contributed by atoms with E-state index in [1.807, 2.05) is 25.1 Å². The highest BCUT2D eigenvalue weighted by atomic mass is 79.9. The zero-order chi connectivity index (χ0) is 23.8. The molecule has 33 heavy (non-hydrogen) atoms. The molecule has 1 amide bonds. The normalized spacial score (nSPS) is 15.3. The molecule has 172 valence electrons. The maximum Gasteiger partial charge on any atom is 0.265 e. The first-order valence-electron chi connectivity index (χ1n) is 10.3. The van der Waals surface area contributed by atoms with Crippen molar-refractivity contribution in [3.05, 3.63) is 81.3 Å². The van der Waals surface area contributed by atoms with E-state index in [0.29, 0.717) is 22.0 Å². The van der Waals surface area contributed by atoms with Gasteiger partial charge >= 0.3 is 0 Å². The number of rotatable bonds is 6. The molecule has 1 atom stereocenters. The van der Waals surface area contributed by atoms with E-state index in [2.05, 4.69) is 20.7 Å². The summed E-state index contributed by atoms with van der Waals surface area (Å²) in [6.45, 7) is 3.60. The number of sulfonamides is 1. The molecule has 0 saturated heterocycles. The maximum absolute atomic E-state index is 12.9. The number of benzene rings is 3. The summed E-state index contributed by atoms with van der Waals surface area (Å²) in [5.41, 5.74) is 3.03. The molecule has 6 nitrogen and oxygen atoms in total. The molecular weight excluding hydrogens is 528 g/mol. The van der Waals surface area contributed by atoms with Crippen molar-refractivity contribution in [3.8, 4) is 5.75 Å². The van der Waals surface area contributed by atoms with E-state index in [9.17, 15) is 13.2 Å². The zero-order valence-electron chi connectivity index (χ0n) is 18.0. The van der Waals surface area contributed by atoms with E-state index < -0.39 is 10.0 Å². The fourth-order valence-corrected chi connectivity index (χ4v) is 5.55. The van der Waals surface area contributed by atoms with Crippen molar-refractivity contribution < 1.29 is 17.9 Å². The summed E-state index contributed by atoms with van der Waals surface area (Å²) in [4.78, 5) is 14.8. The smallest absolute Gasteiger partial charge is 0.265 e. The van der Waals surface area contributed by atoms with Gasteiger partial charge in [-0.15, -0.1) is 0 Å². The van der Waals surface area contributed by atoms with E-state index in [4.69, 9.17) is 16.3 Å². The third kappa shape index (κ3) is 5.18. The highest BCUT2D eigenvalue weighted by Gasteiger charge is 2.31. The number of hydrogen-bond donors (Lipinski definition) is 1. The second kappa shape index (κ2) is 9.37. The average Bonchev–Trinajstić information content (AvgIpc) is 3.08. The Hall–Kier alpha value is -2.55. The number of hydrogen-bond acceptors (Lipinski definition) is 4. The van der Waals surface area contributed by atoms with E-state index in [1.165, 1.54) is 12.1 Å². The minimum atomic E-state index is -3.78. The van der Waals surface area contributed by atoms with Gasteiger partial charge in [-0.2, -0.15) is 0 Å². The van der Waals surface area contributed by atoms with E-state index >= 15 is 0 Å². The minimum absolute atomic E-state index is 0.0398. The summed E-state index contributed by atoms with van der Waals surface area (Å²) in [7, 11) is -3.78. The molecule has 9 heteroatoms. The first kappa shape index (κ1) is 23.6.